The van der Waals surface area contributed by atoms with Crippen molar-refractivity contribution in [3.63, 3.8) is 0 Å². The van der Waals surface area contributed by atoms with Crippen molar-refractivity contribution in [1.82, 2.24) is 9.88 Å². The number of nitrogens with zero attached hydrogens (tertiary/aromatic N) is 2. The topological polar surface area (TPSA) is 33.2 Å². The van der Waals surface area contributed by atoms with Crippen LogP contribution in [-0.4, -0.2) is 34.6 Å². The van der Waals surface area contributed by atoms with Crippen LogP contribution in [0.25, 0.3) is 0 Å². The van der Waals surface area contributed by atoms with Gasteiger partial charge >= 0.3 is 0 Å². The second-order valence-corrected chi connectivity index (χ2v) is 5.54. The molecule has 0 bridgehead atoms. The summed E-state index contributed by atoms with van der Waals surface area (Å²) >= 11 is 1.52. The summed E-state index contributed by atoms with van der Waals surface area (Å²) in [6, 6.07) is 4.06. The Morgan fingerprint density at radius 2 is 2.32 bits per heavy atom. The molecule has 0 unspecified atom stereocenters. The molecule has 0 atom stereocenters. The standard InChI is InChI=1S/C15H20N2OS/c1-3-11-17(12-7-4-5-8-12)15(18)13-9-6-10-16-14(13)19-2/h3,6,9-10,12H,1,4-5,7-8,11H2,2H3. The minimum atomic E-state index is 0.0873. The molecule has 0 saturated heterocycles. The maximum Gasteiger partial charge on any atom is 0.257 e. The molecule has 0 radical (unpaired) electrons. The highest BCUT2D eigenvalue weighted by Gasteiger charge is 2.27. The van der Waals surface area contributed by atoms with Crippen LogP contribution in [0.5, 0.6) is 0 Å². The molecule has 1 aliphatic rings. The van der Waals surface area contributed by atoms with Crippen LogP contribution in [0.3, 0.4) is 0 Å². The Bertz CT molecular complexity index is 455. The zero-order chi connectivity index (χ0) is 13.7. The lowest BCUT2D eigenvalue weighted by Crippen LogP contribution is -2.39. The van der Waals surface area contributed by atoms with Gasteiger partial charge in [0, 0.05) is 18.8 Å². The number of carbonyl (C=O) groups excluding carboxylic acids is 1. The van der Waals surface area contributed by atoms with E-state index in [2.05, 4.69) is 11.6 Å². The fourth-order valence-electron chi connectivity index (χ4n) is 2.62. The van der Waals surface area contributed by atoms with Gasteiger partial charge in [-0.3, -0.25) is 4.79 Å². The van der Waals surface area contributed by atoms with Crippen molar-refractivity contribution in [3.05, 3.63) is 36.5 Å². The van der Waals surface area contributed by atoms with E-state index in [-0.39, 0.29) is 5.91 Å². The molecule has 0 spiro atoms. The number of amides is 1. The molecule has 102 valence electrons. The minimum absolute atomic E-state index is 0.0873. The van der Waals surface area contributed by atoms with E-state index < -0.39 is 0 Å². The molecule has 1 aromatic rings. The van der Waals surface area contributed by atoms with Crippen molar-refractivity contribution >= 4 is 17.7 Å². The molecule has 0 N–H and O–H groups in total. The molecule has 1 fully saturated rings. The van der Waals surface area contributed by atoms with E-state index in [0.717, 1.165) is 17.9 Å². The van der Waals surface area contributed by atoms with Crippen LogP contribution in [0.2, 0.25) is 0 Å². The van der Waals surface area contributed by atoms with Crippen LogP contribution >= 0.6 is 11.8 Å². The first-order valence-electron chi connectivity index (χ1n) is 6.68. The molecule has 4 heteroatoms. The van der Waals surface area contributed by atoms with Gasteiger partial charge in [-0.15, -0.1) is 18.3 Å². The minimum Gasteiger partial charge on any atom is -0.332 e. The maximum atomic E-state index is 12.7. The van der Waals surface area contributed by atoms with Gasteiger partial charge in [-0.1, -0.05) is 18.9 Å². The molecule has 2 rings (SSSR count). The second-order valence-electron chi connectivity index (χ2n) is 4.74. The Kier molecular flexibility index (Phi) is 5.02. The van der Waals surface area contributed by atoms with Gasteiger partial charge in [0.05, 0.1) is 5.56 Å². The van der Waals surface area contributed by atoms with Crippen molar-refractivity contribution in [2.75, 3.05) is 12.8 Å². The third-order valence-corrected chi connectivity index (χ3v) is 4.26. The highest BCUT2D eigenvalue weighted by atomic mass is 32.2. The molecule has 0 aliphatic heterocycles. The van der Waals surface area contributed by atoms with Crippen molar-refractivity contribution in [3.8, 4) is 0 Å². The molecule has 0 aromatic carbocycles. The summed E-state index contributed by atoms with van der Waals surface area (Å²) in [6.07, 6.45) is 10.1. The van der Waals surface area contributed by atoms with Gasteiger partial charge in [-0.2, -0.15) is 0 Å². The highest BCUT2D eigenvalue weighted by Crippen LogP contribution is 2.26. The molecule has 3 nitrogen and oxygen atoms in total. The van der Waals surface area contributed by atoms with E-state index >= 15 is 0 Å². The van der Waals surface area contributed by atoms with Crippen LogP contribution in [0.1, 0.15) is 36.0 Å². The summed E-state index contributed by atoms with van der Waals surface area (Å²) in [4.78, 5) is 19.0. The average molecular weight is 276 g/mol. The van der Waals surface area contributed by atoms with Crippen molar-refractivity contribution in [2.24, 2.45) is 0 Å². The fourth-order valence-corrected chi connectivity index (χ4v) is 3.17. The van der Waals surface area contributed by atoms with E-state index in [4.69, 9.17) is 0 Å². The predicted octanol–water partition coefficient (Wildman–Crippen LogP) is 3.37. The number of hydrogen-bond donors (Lipinski definition) is 0. The Labute approximate surface area is 119 Å². The number of carbonyl (C=O) groups is 1. The Morgan fingerprint density at radius 1 is 1.58 bits per heavy atom. The predicted molar refractivity (Wildman–Crippen MR) is 79.5 cm³/mol. The Balaban J connectivity index is 2.25. The van der Waals surface area contributed by atoms with Gasteiger partial charge in [0.1, 0.15) is 5.03 Å². The number of aromatic nitrogens is 1. The number of pyridine rings is 1. The number of hydrogen-bond acceptors (Lipinski definition) is 3. The summed E-state index contributed by atoms with van der Waals surface area (Å²) in [7, 11) is 0. The van der Waals surface area contributed by atoms with E-state index in [1.807, 2.05) is 29.4 Å². The Hall–Kier alpha value is -1.29. The van der Waals surface area contributed by atoms with Crippen molar-refractivity contribution in [1.29, 1.82) is 0 Å². The first-order valence-corrected chi connectivity index (χ1v) is 7.91. The average Bonchev–Trinajstić information content (AvgIpc) is 2.98. The number of rotatable bonds is 5. The third kappa shape index (κ3) is 3.18. The lowest BCUT2D eigenvalue weighted by molar-refractivity contribution is 0.0702. The van der Waals surface area contributed by atoms with E-state index in [9.17, 15) is 4.79 Å². The summed E-state index contributed by atoms with van der Waals surface area (Å²) in [5, 5.41) is 0.805. The van der Waals surface area contributed by atoms with Crippen LogP contribution in [0.15, 0.2) is 36.0 Å². The van der Waals surface area contributed by atoms with Crippen LogP contribution < -0.4 is 0 Å². The van der Waals surface area contributed by atoms with E-state index in [1.165, 1.54) is 24.6 Å². The molecular formula is C15H20N2OS. The van der Waals surface area contributed by atoms with Gasteiger partial charge in [0.15, 0.2) is 0 Å². The lowest BCUT2D eigenvalue weighted by Gasteiger charge is -2.28. The van der Waals surface area contributed by atoms with E-state index in [0.29, 0.717) is 18.2 Å². The molecule has 1 aliphatic carbocycles. The van der Waals surface area contributed by atoms with Crippen molar-refractivity contribution in [2.45, 2.75) is 36.8 Å². The molecule has 1 aromatic heterocycles. The SMILES string of the molecule is C=CCN(C(=O)c1cccnc1SC)C1CCCC1. The Morgan fingerprint density at radius 3 is 2.95 bits per heavy atom. The van der Waals surface area contributed by atoms with Crippen LogP contribution in [-0.2, 0) is 0 Å². The smallest absolute Gasteiger partial charge is 0.257 e. The summed E-state index contributed by atoms with van der Waals surface area (Å²) in [5.41, 5.74) is 0.712. The highest BCUT2D eigenvalue weighted by molar-refractivity contribution is 7.98. The van der Waals surface area contributed by atoms with Gasteiger partial charge in [-0.05, 0) is 31.2 Å². The third-order valence-electron chi connectivity index (χ3n) is 3.55. The maximum absolute atomic E-state index is 12.7. The van der Waals surface area contributed by atoms with Gasteiger partial charge in [0.25, 0.3) is 5.91 Å². The summed E-state index contributed by atoms with van der Waals surface area (Å²) in [5.74, 6) is 0.0873. The largest absolute Gasteiger partial charge is 0.332 e. The zero-order valence-corrected chi connectivity index (χ0v) is 12.2. The lowest BCUT2D eigenvalue weighted by atomic mass is 10.1. The molecular weight excluding hydrogens is 256 g/mol. The van der Waals surface area contributed by atoms with Gasteiger partial charge < -0.3 is 4.90 Å². The second kappa shape index (κ2) is 6.75. The van der Waals surface area contributed by atoms with Gasteiger partial charge in [-0.25, -0.2) is 4.98 Å². The number of thioether (sulfide) groups is 1. The molecule has 1 amide bonds. The summed E-state index contributed by atoms with van der Waals surface area (Å²) in [6.45, 7) is 4.39. The first kappa shape index (κ1) is 14.1. The molecule has 1 heterocycles. The van der Waals surface area contributed by atoms with Crippen molar-refractivity contribution < 1.29 is 4.79 Å². The quantitative estimate of drug-likeness (QED) is 0.610. The monoisotopic (exact) mass is 276 g/mol. The zero-order valence-electron chi connectivity index (χ0n) is 11.3. The fraction of sp³-hybridized carbons (Fsp3) is 0.467. The molecule has 1 saturated carbocycles. The van der Waals surface area contributed by atoms with Gasteiger partial charge in [0.2, 0.25) is 0 Å². The van der Waals surface area contributed by atoms with E-state index in [1.54, 1.807) is 6.20 Å². The summed E-state index contributed by atoms with van der Waals surface area (Å²) < 4.78 is 0. The molecule has 19 heavy (non-hydrogen) atoms. The van der Waals surface area contributed by atoms with Crippen LogP contribution in [0, 0.1) is 0 Å². The first-order chi connectivity index (χ1) is 9.27. The normalized spacial score (nSPS) is 15.4. The van der Waals surface area contributed by atoms with Crippen LogP contribution in [0.4, 0.5) is 0 Å².